The fourth-order valence-corrected chi connectivity index (χ4v) is 1.29. The van der Waals surface area contributed by atoms with E-state index in [4.69, 9.17) is 15.4 Å². The van der Waals surface area contributed by atoms with Gasteiger partial charge in [0.05, 0.1) is 5.69 Å². The molecule has 6 heteroatoms. The zero-order valence-electron chi connectivity index (χ0n) is 9.19. The van der Waals surface area contributed by atoms with Crippen LogP contribution < -0.4 is 10.6 Å². The molecule has 3 N–H and O–H groups in total. The Morgan fingerprint density at radius 1 is 1.53 bits per heavy atom. The van der Waals surface area contributed by atoms with Gasteiger partial charge in [-0.1, -0.05) is 5.16 Å². The first-order chi connectivity index (χ1) is 7.13. The first kappa shape index (κ1) is 11.4. The normalized spacial score (nSPS) is 11.8. The van der Waals surface area contributed by atoms with E-state index in [2.05, 4.69) is 10.1 Å². The highest BCUT2D eigenvalue weighted by Gasteiger charge is 2.16. The van der Waals surface area contributed by atoms with Crippen LogP contribution in [0.4, 0.5) is 6.01 Å². The molecule has 15 heavy (non-hydrogen) atoms. The summed E-state index contributed by atoms with van der Waals surface area (Å²) in [6.45, 7) is 7.36. The molecule has 0 radical (unpaired) electrons. The van der Waals surface area contributed by atoms with Crippen molar-refractivity contribution in [1.82, 2.24) is 4.98 Å². The highest BCUT2D eigenvalue weighted by atomic mass is 16.4. The van der Waals surface area contributed by atoms with Crippen LogP contribution in [0.15, 0.2) is 9.57 Å². The molecular formula is C9H16N4O2. The Kier molecular flexibility index (Phi) is 3.54. The molecule has 0 aliphatic carbocycles. The van der Waals surface area contributed by atoms with Gasteiger partial charge in [-0.2, -0.15) is 4.98 Å². The van der Waals surface area contributed by atoms with E-state index in [1.54, 1.807) is 6.92 Å². The fourth-order valence-electron chi connectivity index (χ4n) is 1.29. The lowest BCUT2D eigenvalue weighted by molar-refractivity contribution is 0.317. The quantitative estimate of drug-likeness (QED) is 0.335. The molecule has 0 bridgehead atoms. The summed E-state index contributed by atoms with van der Waals surface area (Å²) in [5.41, 5.74) is 6.06. The van der Waals surface area contributed by atoms with Crippen molar-refractivity contribution < 1.29 is 9.62 Å². The van der Waals surface area contributed by atoms with Crippen molar-refractivity contribution in [2.24, 2.45) is 10.9 Å². The molecule has 0 saturated heterocycles. The molecule has 0 atom stereocenters. The molecule has 0 saturated carbocycles. The summed E-state index contributed by atoms with van der Waals surface area (Å²) in [5.74, 6) is 0.262. The van der Waals surface area contributed by atoms with Crippen LogP contribution in [0.2, 0.25) is 0 Å². The van der Waals surface area contributed by atoms with Crippen LogP contribution in [0.25, 0.3) is 0 Å². The second-order valence-corrected chi connectivity index (χ2v) is 3.07. The maximum atomic E-state index is 8.54. The number of oxazole rings is 1. The zero-order chi connectivity index (χ0) is 11.4. The van der Waals surface area contributed by atoms with Gasteiger partial charge in [-0.05, 0) is 20.8 Å². The summed E-state index contributed by atoms with van der Waals surface area (Å²) < 4.78 is 5.41. The van der Waals surface area contributed by atoms with Gasteiger partial charge >= 0.3 is 0 Å². The van der Waals surface area contributed by atoms with Gasteiger partial charge in [0.1, 0.15) is 0 Å². The summed E-state index contributed by atoms with van der Waals surface area (Å²) in [5, 5.41) is 11.4. The van der Waals surface area contributed by atoms with Crippen molar-refractivity contribution in [1.29, 1.82) is 0 Å². The zero-order valence-corrected chi connectivity index (χ0v) is 9.19. The van der Waals surface area contributed by atoms with Crippen LogP contribution in [0.3, 0.4) is 0 Å². The molecule has 1 rings (SSSR count). The maximum Gasteiger partial charge on any atom is 0.298 e. The van der Waals surface area contributed by atoms with Gasteiger partial charge < -0.3 is 20.3 Å². The highest BCUT2D eigenvalue weighted by Crippen LogP contribution is 2.17. The molecule has 0 aromatic carbocycles. The number of hydrogen-bond acceptors (Lipinski definition) is 5. The van der Waals surface area contributed by atoms with Gasteiger partial charge in [0, 0.05) is 13.1 Å². The van der Waals surface area contributed by atoms with Gasteiger partial charge in [0.15, 0.2) is 5.76 Å². The molecule has 0 fully saturated rings. The van der Waals surface area contributed by atoms with Crippen LogP contribution in [-0.4, -0.2) is 29.1 Å². The predicted molar refractivity (Wildman–Crippen MR) is 57.3 cm³/mol. The van der Waals surface area contributed by atoms with Gasteiger partial charge in [-0.3, -0.25) is 0 Å². The standard InChI is InChI=1S/C9H16N4O2/c1-4-13(5-2)9-11-6(3)7(15-9)8(10)12-14/h14H,4-5H2,1-3H3,(H2,10,12). The molecular weight excluding hydrogens is 196 g/mol. The predicted octanol–water partition coefficient (Wildman–Crippen LogP) is 0.924. The summed E-state index contributed by atoms with van der Waals surface area (Å²) >= 11 is 0. The Morgan fingerprint density at radius 3 is 2.60 bits per heavy atom. The highest BCUT2D eigenvalue weighted by molar-refractivity contribution is 5.95. The number of nitrogens with zero attached hydrogens (tertiary/aromatic N) is 3. The molecule has 0 spiro atoms. The third kappa shape index (κ3) is 2.20. The molecule has 6 nitrogen and oxygen atoms in total. The van der Waals surface area contributed by atoms with Gasteiger partial charge in [0.25, 0.3) is 6.01 Å². The maximum absolute atomic E-state index is 8.54. The van der Waals surface area contributed by atoms with E-state index in [1.165, 1.54) is 0 Å². The Bertz CT molecular complexity index is 355. The number of oxime groups is 1. The van der Waals surface area contributed by atoms with E-state index in [-0.39, 0.29) is 5.84 Å². The number of aromatic nitrogens is 1. The third-order valence-electron chi connectivity index (χ3n) is 2.16. The molecule has 1 aromatic heterocycles. The Balaban J connectivity index is 3.04. The summed E-state index contributed by atoms with van der Waals surface area (Å²) in [6.07, 6.45) is 0. The van der Waals surface area contributed by atoms with Crippen LogP contribution in [0.5, 0.6) is 0 Å². The number of nitrogens with two attached hydrogens (primary N) is 1. The molecule has 1 aromatic rings. The molecule has 0 amide bonds. The second kappa shape index (κ2) is 4.68. The number of aryl methyl sites for hydroxylation is 1. The van der Waals surface area contributed by atoms with Crippen LogP contribution in [-0.2, 0) is 0 Å². The van der Waals surface area contributed by atoms with E-state index < -0.39 is 0 Å². The minimum Gasteiger partial charge on any atom is -0.420 e. The van der Waals surface area contributed by atoms with Gasteiger partial charge in [0.2, 0.25) is 5.84 Å². The first-order valence-corrected chi connectivity index (χ1v) is 4.84. The van der Waals surface area contributed by atoms with E-state index in [0.29, 0.717) is 17.5 Å². The van der Waals surface area contributed by atoms with Crippen molar-refractivity contribution in [2.75, 3.05) is 18.0 Å². The van der Waals surface area contributed by atoms with Crippen molar-refractivity contribution in [3.05, 3.63) is 11.5 Å². The van der Waals surface area contributed by atoms with Gasteiger partial charge in [-0.15, -0.1) is 0 Å². The van der Waals surface area contributed by atoms with E-state index in [0.717, 1.165) is 13.1 Å². The minimum atomic E-state index is -0.0570. The summed E-state index contributed by atoms with van der Waals surface area (Å²) in [4.78, 5) is 6.15. The molecule has 0 unspecified atom stereocenters. The van der Waals surface area contributed by atoms with Crippen LogP contribution >= 0.6 is 0 Å². The largest absolute Gasteiger partial charge is 0.420 e. The van der Waals surface area contributed by atoms with Crippen LogP contribution in [0.1, 0.15) is 25.3 Å². The topological polar surface area (TPSA) is 87.9 Å². The first-order valence-electron chi connectivity index (χ1n) is 4.84. The summed E-state index contributed by atoms with van der Waals surface area (Å²) in [7, 11) is 0. The minimum absolute atomic E-state index is 0.0570. The molecule has 1 heterocycles. The second-order valence-electron chi connectivity index (χ2n) is 3.07. The van der Waals surface area contributed by atoms with Crippen molar-refractivity contribution >= 4 is 11.9 Å². The number of amidine groups is 1. The number of rotatable bonds is 4. The monoisotopic (exact) mass is 212 g/mol. The lowest BCUT2D eigenvalue weighted by Crippen LogP contribution is -2.22. The smallest absolute Gasteiger partial charge is 0.298 e. The van der Waals surface area contributed by atoms with E-state index >= 15 is 0 Å². The molecule has 84 valence electrons. The Morgan fingerprint density at radius 2 is 2.13 bits per heavy atom. The lowest BCUT2D eigenvalue weighted by atomic mass is 10.3. The molecule has 0 aliphatic heterocycles. The Hall–Kier alpha value is -1.72. The lowest BCUT2D eigenvalue weighted by Gasteiger charge is -2.14. The number of anilines is 1. The third-order valence-corrected chi connectivity index (χ3v) is 2.16. The molecule has 0 aliphatic rings. The van der Waals surface area contributed by atoms with E-state index in [1.807, 2.05) is 18.7 Å². The van der Waals surface area contributed by atoms with Crippen molar-refractivity contribution in [2.45, 2.75) is 20.8 Å². The SMILES string of the molecule is CCN(CC)c1nc(C)c(/C(N)=N\O)o1. The van der Waals surface area contributed by atoms with Crippen molar-refractivity contribution in [3.63, 3.8) is 0 Å². The van der Waals surface area contributed by atoms with Crippen molar-refractivity contribution in [3.8, 4) is 0 Å². The van der Waals surface area contributed by atoms with Gasteiger partial charge in [-0.25, -0.2) is 0 Å². The van der Waals surface area contributed by atoms with E-state index in [9.17, 15) is 0 Å². The average molecular weight is 212 g/mol. The van der Waals surface area contributed by atoms with Crippen LogP contribution in [0, 0.1) is 6.92 Å². The Labute approximate surface area is 88.4 Å². The number of hydrogen-bond donors (Lipinski definition) is 2. The average Bonchev–Trinajstić information content (AvgIpc) is 2.61. The fraction of sp³-hybridized carbons (Fsp3) is 0.556. The summed E-state index contributed by atoms with van der Waals surface area (Å²) in [6, 6.07) is 0.499.